The highest BCUT2D eigenvalue weighted by atomic mass is 79.9. The summed E-state index contributed by atoms with van der Waals surface area (Å²) in [4.78, 5) is 13.4. The minimum absolute atomic E-state index is 0.0393. The van der Waals surface area contributed by atoms with Crippen molar-refractivity contribution in [2.24, 2.45) is 0 Å². The van der Waals surface area contributed by atoms with E-state index in [-0.39, 0.29) is 10.5 Å². The summed E-state index contributed by atoms with van der Waals surface area (Å²) in [6.45, 7) is 0. The number of para-hydroxylation sites is 1. The second-order valence-corrected chi connectivity index (χ2v) is 9.22. The van der Waals surface area contributed by atoms with E-state index in [2.05, 4.69) is 15.9 Å². The van der Waals surface area contributed by atoms with E-state index in [0.717, 1.165) is 42.5 Å². The van der Waals surface area contributed by atoms with Crippen LogP contribution in [0.4, 0.5) is 68.5 Å². The highest BCUT2D eigenvalue weighted by Gasteiger charge is 2.82. The minimum atomic E-state index is -7.30. The summed E-state index contributed by atoms with van der Waals surface area (Å²) in [5.74, 6) is -10.2. The van der Waals surface area contributed by atoms with Gasteiger partial charge >= 0.3 is 30.1 Å². The van der Waals surface area contributed by atoms with Crippen molar-refractivity contribution in [3.8, 4) is 6.07 Å². The smallest absolute Gasteiger partial charge is 0.272 e. The molecule has 1 unspecified atom stereocenters. The summed E-state index contributed by atoms with van der Waals surface area (Å²) < 4.78 is 179. The molecule has 0 aliphatic carbocycles. The number of carbonyl (C=O) groups is 1. The van der Waals surface area contributed by atoms with Gasteiger partial charge in [-0.2, -0.15) is 53.6 Å². The molecule has 0 spiro atoms. The summed E-state index contributed by atoms with van der Waals surface area (Å²) in [6, 6.07) is 7.58. The zero-order valence-corrected chi connectivity index (χ0v) is 21.5. The summed E-state index contributed by atoms with van der Waals surface area (Å²) in [7, 11) is 0. The second kappa shape index (κ2) is 10.8. The van der Waals surface area contributed by atoms with Crippen molar-refractivity contribution in [1.29, 1.82) is 5.26 Å². The number of anilines is 2. The second-order valence-electron chi connectivity index (χ2n) is 8.36. The van der Waals surface area contributed by atoms with Gasteiger partial charge in [-0.15, -0.1) is 0 Å². The zero-order chi connectivity index (χ0) is 32.1. The minimum Gasteiger partial charge on any atom is -0.272 e. The first-order valence-electron chi connectivity index (χ1n) is 10.8. The number of benzene rings is 3. The fourth-order valence-electron chi connectivity index (χ4n) is 3.74. The summed E-state index contributed by atoms with van der Waals surface area (Å²) in [6.07, 6.45) is -20.3. The molecule has 0 aliphatic heterocycles. The van der Waals surface area contributed by atoms with Crippen LogP contribution in [0.25, 0.3) is 0 Å². The third-order valence-electron chi connectivity index (χ3n) is 5.73. The fraction of sp³-hybridized carbons (Fsp3) is 0.200. The monoisotopic (exact) mass is 680 g/mol. The molecule has 42 heavy (non-hydrogen) atoms. The first-order valence-corrected chi connectivity index (χ1v) is 11.6. The number of halogens is 14. The summed E-state index contributed by atoms with van der Waals surface area (Å²) in [5.41, 5.74) is -15.2. The van der Waals surface area contributed by atoms with Crippen LogP contribution in [-0.4, -0.2) is 24.2 Å². The van der Waals surface area contributed by atoms with Crippen molar-refractivity contribution < 1.29 is 61.9 Å². The molecule has 1 amide bonds. The third kappa shape index (κ3) is 5.51. The van der Waals surface area contributed by atoms with Gasteiger partial charge in [0, 0.05) is 15.6 Å². The van der Waals surface area contributed by atoms with Gasteiger partial charge in [0.05, 0.1) is 28.6 Å². The van der Waals surface area contributed by atoms with Gasteiger partial charge in [-0.25, -0.2) is 8.78 Å². The van der Waals surface area contributed by atoms with Crippen molar-refractivity contribution >= 4 is 33.2 Å². The average molecular weight is 681 g/mol. The number of carbonyl (C=O) groups excluding carboxylic acids is 1. The van der Waals surface area contributed by atoms with Gasteiger partial charge in [0.2, 0.25) is 0 Å². The van der Waals surface area contributed by atoms with Gasteiger partial charge in [-0.1, -0.05) is 12.1 Å². The Morgan fingerprint density at radius 2 is 1.33 bits per heavy atom. The van der Waals surface area contributed by atoms with Crippen LogP contribution in [-0.2, 0) is 11.8 Å². The average Bonchev–Trinajstić information content (AvgIpc) is 2.87. The maximum Gasteiger partial charge on any atom is 0.457 e. The zero-order valence-electron chi connectivity index (χ0n) is 19.9. The molecular weight excluding hydrogens is 671 g/mol. The van der Waals surface area contributed by atoms with Gasteiger partial charge in [-0.05, 0) is 64.5 Å². The van der Waals surface area contributed by atoms with Crippen molar-refractivity contribution in [2.45, 2.75) is 30.1 Å². The Kier molecular flexibility index (Phi) is 8.40. The molecule has 0 radical (unpaired) electrons. The number of hydrogen-bond donors (Lipinski definition) is 0. The van der Waals surface area contributed by atoms with Crippen molar-refractivity contribution in [2.75, 3.05) is 4.90 Å². The van der Waals surface area contributed by atoms with Crippen LogP contribution in [0.1, 0.15) is 27.0 Å². The molecule has 0 aliphatic rings. The Bertz CT molecular complexity index is 1540. The number of amides is 1. The predicted molar refractivity (Wildman–Crippen MR) is 123 cm³/mol. The predicted octanol–water partition coefficient (Wildman–Crippen LogP) is 9.38. The molecule has 0 heterocycles. The maximum absolute atomic E-state index is 15.1. The van der Waals surface area contributed by atoms with E-state index in [4.69, 9.17) is 5.26 Å². The van der Waals surface area contributed by atoms with Crippen LogP contribution in [0.5, 0.6) is 0 Å². The molecule has 3 nitrogen and oxygen atoms in total. The number of hydrogen-bond acceptors (Lipinski definition) is 2. The van der Waals surface area contributed by atoms with Gasteiger partial charge < -0.3 is 0 Å². The number of nitriles is 1. The quantitative estimate of drug-likeness (QED) is 0.252. The first kappa shape index (κ1) is 32.7. The Hall–Kier alpha value is -3.81. The normalized spacial score (nSPS) is 14.2. The van der Waals surface area contributed by atoms with Gasteiger partial charge in [0.15, 0.2) is 0 Å². The molecule has 3 aromatic rings. The number of rotatable bonds is 5. The standard InChI is InChI=1S/C25H10BrF13N2O/c26-16-10-14(21(28,24(34,35)36)23(32,33)25(37,38)39)9-15(22(29,30)31)19(16)41(18-4-2-1-3-17(18)27)20(42)13-7-5-12(11-40)6-8-13/h1-10H. The molecule has 0 saturated heterocycles. The van der Waals surface area contributed by atoms with Crippen LogP contribution in [0.3, 0.4) is 0 Å². The van der Waals surface area contributed by atoms with Crippen LogP contribution >= 0.6 is 15.9 Å². The van der Waals surface area contributed by atoms with E-state index in [0.29, 0.717) is 6.07 Å². The Morgan fingerprint density at radius 3 is 1.79 bits per heavy atom. The fourth-order valence-corrected chi connectivity index (χ4v) is 4.38. The van der Waals surface area contributed by atoms with E-state index in [1.807, 2.05) is 0 Å². The molecule has 0 fully saturated rings. The SMILES string of the molecule is N#Cc1ccc(C(=O)N(c2ccccc2F)c2c(Br)cc(C(F)(C(F)(F)F)C(F)(F)C(F)(F)F)cc2C(F)(F)F)cc1. The Morgan fingerprint density at radius 1 is 0.786 bits per heavy atom. The third-order valence-corrected chi connectivity index (χ3v) is 6.33. The van der Waals surface area contributed by atoms with E-state index >= 15 is 4.39 Å². The van der Waals surface area contributed by atoms with Crippen LogP contribution in [0, 0.1) is 17.1 Å². The largest absolute Gasteiger partial charge is 0.457 e. The molecule has 17 heteroatoms. The molecular formula is C25H10BrF13N2O. The maximum atomic E-state index is 15.1. The van der Waals surface area contributed by atoms with Crippen molar-refractivity contribution in [3.05, 3.63) is 93.2 Å². The molecule has 3 rings (SSSR count). The molecule has 3 aromatic carbocycles. The van der Waals surface area contributed by atoms with E-state index in [9.17, 15) is 57.5 Å². The van der Waals surface area contributed by atoms with Crippen LogP contribution in [0.15, 0.2) is 65.1 Å². The summed E-state index contributed by atoms with van der Waals surface area (Å²) >= 11 is 2.33. The molecule has 0 saturated carbocycles. The lowest BCUT2D eigenvalue weighted by Gasteiger charge is -2.37. The topological polar surface area (TPSA) is 44.1 Å². The highest BCUT2D eigenvalue weighted by Crippen LogP contribution is 2.59. The van der Waals surface area contributed by atoms with Crippen molar-refractivity contribution in [1.82, 2.24) is 0 Å². The van der Waals surface area contributed by atoms with E-state index in [1.54, 1.807) is 6.07 Å². The molecule has 0 bridgehead atoms. The van der Waals surface area contributed by atoms with Gasteiger partial charge in [0.25, 0.3) is 5.91 Å². The van der Waals surface area contributed by atoms with Gasteiger partial charge in [0.1, 0.15) is 5.82 Å². The number of nitrogens with zero attached hydrogens (tertiary/aromatic N) is 2. The van der Waals surface area contributed by atoms with E-state index in [1.165, 1.54) is 0 Å². The Labute approximate surface area is 234 Å². The van der Waals surface area contributed by atoms with Crippen LogP contribution in [0.2, 0.25) is 0 Å². The summed E-state index contributed by atoms with van der Waals surface area (Å²) in [5, 5.41) is 8.93. The van der Waals surface area contributed by atoms with E-state index < -0.39 is 86.5 Å². The lowest BCUT2D eigenvalue weighted by Crippen LogP contribution is -2.59. The highest BCUT2D eigenvalue weighted by molar-refractivity contribution is 9.10. The lowest BCUT2D eigenvalue weighted by atomic mass is 9.86. The van der Waals surface area contributed by atoms with Crippen molar-refractivity contribution in [3.63, 3.8) is 0 Å². The molecule has 0 N–H and O–H groups in total. The van der Waals surface area contributed by atoms with Crippen LogP contribution < -0.4 is 4.90 Å². The van der Waals surface area contributed by atoms with Gasteiger partial charge in [-0.3, -0.25) is 9.69 Å². The lowest BCUT2D eigenvalue weighted by molar-refractivity contribution is -0.389. The molecule has 0 aromatic heterocycles. The molecule has 1 atom stereocenters. The molecule has 224 valence electrons. The Balaban J connectivity index is 2.46. The first-order chi connectivity index (χ1) is 19.1. The number of alkyl halides is 12.